The second-order valence-corrected chi connectivity index (χ2v) is 6.48. The second-order valence-electron chi connectivity index (χ2n) is 6.48. The Balaban J connectivity index is 1.76. The van der Waals surface area contributed by atoms with Crippen molar-refractivity contribution in [2.45, 2.75) is 19.0 Å². The van der Waals surface area contributed by atoms with E-state index in [2.05, 4.69) is 15.6 Å². The fourth-order valence-corrected chi connectivity index (χ4v) is 2.84. The Kier molecular flexibility index (Phi) is 6.42. The normalized spacial score (nSPS) is 11.4. The molecule has 4 N–H and O–H groups in total. The Bertz CT molecular complexity index is 1030. The number of rotatable bonds is 7. The lowest BCUT2D eigenvalue weighted by atomic mass is 10.0. The van der Waals surface area contributed by atoms with Crippen molar-refractivity contribution >= 4 is 11.8 Å². The van der Waals surface area contributed by atoms with E-state index in [1.165, 1.54) is 6.20 Å². The van der Waals surface area contributed by atoms with Crippen molar-refractivity contribution in [3.8, 4) is 5.75 Å². The minimum atomic E-state index is -0.892. The average molecular weight is 391 g/mol. The molecule has 3 rings (SSSR count). The van der Waals surface area contributed by atoms with Crippen molar-refractivity contribution in [2.75, 3.05) is 0 Å². The first-order chi connectivity index (χ1) is 14.0. The van der Waals surface area contributed by atoms with Gasteiger partial charge in [0.05, 0.1) is 0 Å². The van der Waals surface area contributed by atoms with E-state index in [1.54, 1.807) is 0 Å². The largest absolute Gasteiger partial charge is 0.503 e. The van der Waals surface area contributed by atoms with Crippen LogP contribution in [0.1, 0.15) is 21.6 Å². The molecule has 7 heteroatoms. The number of pyridine rings is 1. The monoisotopic (exact) mass is 391 g/mol. The minimum absolute atomic E-state index is 0.255. The van der Waals surface area contributed by atoms with Crippen molar-refractivity contribution in [1.29, 1.82) is 0 Å². The first-order valence-corrected chi connectivity index (χ1v) is 9.11. The zero-order valence-electron chi connectivity index (χ0n) is 15.6. The number of carbonyl (C=O) groups excluding carboxylic acids is 2. The zero-order chi connectivity index (χ0) is 20.6. The number of benzene rings is 2. The molecule has 2 aromatic carbocycles. The van der Waals surface area contributed by atoms with Crippen LogP contribution in [0.2, 0.25) is 0 Å². The summed E-state index contributed by atoms with van der Waals surface area (Å²) < 4.78 is 0. The maximum Gasteiger partial charge on any atom is 0.272 e. The number of hydrogen-bond acceptors (Lipinski definition) is 4. The van der Waals surface area contributed by atoms with Crippen LogP contribution in [0, 0.1) is 0 Å². The van der Waals surface area contributed by atoms with Crippen molar-refractivity contribution in [1.82, 2.24) is 15.6 Å². The third-order valence-electron chi connectivity index (χ3n) is 4.37. The maximum atomic E-state index is 12.8. The molecular weight excluding hydrogens is 370 g/mol. The Labute approximate surface area is 167 Å². The molecular formula is C22H21N3O4. The quantitative estimate of drug-likeness (QED) is 0.492. The number of aromatic nitrogens is 1. The van der Waals surface area contributed by atoms with Crippen LogP contribution in [0.4, 0.5) is 0 Å². The van der Waals surface area contributed by atoms with Gasteiger partial charge < -0.3 is 20.7 Å². The number of H-pyrrole nitrogens is 1. The van der Waals surface area contributed by atoms with Crippen LogP contribution in [0.25, 0.3) is 0 Å². The summed E-state index contributed by atoms with van der Waals surface area (Å²) in [5.41, 5.74) is 0.822. The SMILES string of the molecule is O=C(NC(Cc1ccccc1)C(=O)NCc1ccccc1)c1[nH]ccc(=O)c1O. The van der Waals surface area contributed by atoms with Crippen LogP contribution in [-0.4, -0.2) is 27.9 Å². The second kappa shape index (κ2) is 9.36. The summed E-state index contributed by atoms with van der Waals surface area (Å²) in [4.78, 5) is 39.5. The fourth-order valence-electron chi connectivity index (χ4n) is 2.84. The van der Waals surface area contributed by atoms with Gasteiger partial charge in [0.15, 0.2) is 11.4 Å². The Morgan fingerprint density at radius 2 is 1.55 bits per heavy atom. The molecule has 0 bridgehead atoms. The molecule has 0 fully saturated rings. The molecule has 1 atom stereocenters. The summed E-state index contributed by atoms with van der Waals surface area (Å²) in [6, 6.07) is 18.9. The third kappa shape index (κ3) is 5.32. The number of carbonyl (C=O) groups is 2. The van der Waals surface area contributed by atoms with E-state index in [0.29, 0.717) is 6.54 Å². The molecule has 2 amide bonds. The van der Waals surface area contributed by atoms with Gasteiger partial charge in [-0.2, -0.15) is 0 Å². The lowest BCUT2D eigenvalue weighted by molar-refractivity contribution is -0.123. The highest BCUT2D eigenvalue weighted by Gasteiger charge is 2.24. The molecule has 29 heavy (non-hydrogen) atoms. The first kappa shape index (κ1) is 19.9. The molecule has 1 heterocycles. The van der Waals surface area contributed by atoms with E-state index in [1.807, 2.05) is 60.7 Å². The predicted octanol–water partition coefficient (Wildman–Crippen LogP) is 1.74. The van der Waals surface area contributed by atoms with Gasteiger partial charge in [0.25, 0.3) is 5.91 Å². The van der Waals surface area contributed by atoms with Gasteiger partial charge in [0.2, 0.25) is 11.3 Å². The molecule has 0 saturated carbocycles. The highest BCUT2D eigenvalue weighted by Crippen LogP contribution is 2.09. The van der Waals surface area contributed by atoms with Gasteiger partial charge in [-0.1, -0.05) is 60.7 Å². The van der Waals surface area contributed by atoms with E-state index in [9.17, 15) is 19.5 Å². The fraction of sp³-hybridized carbons (Fsp3) is 0.136. The van der Waals surface area contributed by atoms with Crippen molar-refractivity contribution < 1.29 is 14.7 Å². The standard InChI is InChI=1S/C22H21N3O4/c26-18-11-12-23-19(20(18)27)22(29)25-17(13-15-7-3-1-4-8-15)21(28)24-14-16-9-5-2-6-10-16/h1-12,17,27H,13-14H2,(H,23,26)(H,24,28)(H,25,29). The molecule has 7 nitrogen and oxygen atoms in total. The van der Waals surface area contributed by atoms with E-state index in [4.69, 9.17) is 0 Å². The Hall–Kier alpha value is -3.87. The van der Waals surface area contributed by atoms with Crippen molar-refractivity contribution in [2.24, 2.45) is 0 Å². The third-order valence-corrected chi connectivity index (χ3v) is 4.37. The van der Waals surface area contributed by atoms with Gasteiger partial charge in [0, 0.05) is 25.2 Å². The molecule has 0 radical (unpaired) electrons. The van der Waals surface area contributed by atoms with E-state index in [-0.39, 0.29) is 18.0 Å². The Morgan fingerprint density at radius 1 is 0.931 bits per heavy atom. The lowest BCUT2D eigenvalue weighted by Crippen LogP contribution is -2.48. The molecule has 0 spiro atoms. The molecule has 1 aromatic heterocycles. The van der Waals surface area contributed by atoms with E-state index < -0.39 is 23.1 Å². The zero-order valence-corrected chi connectivity index (χ0v) is 15.6. The van der Waals surface area contributed by atoms with E-state index >= 15 is 0 Å². The van der Waals surface area contributed by atoms with Crippen LogP contribution in [0.3, 0.4) is 0 Å². The van der Waals surface area contributed by atoms with Gasteiger partial charge in [-0.05, 0) is 11.1 Å². The summed E-state index contributed by atoms with van der Waals surface area (Å²) in [7, 11) is 0. The van der Waals surface area contributed by atoms with Crippen LogP contribution < -0.4 is 16.1 Å². The summed E-state index contributed by atoms with van der Waals surface area (Å²) in [5.74, 6) is -1.80. The number of aromatic hydroxyl groups is 1. The predicted molar refractivity (Wildman–Crippen MR) is 108 cm³/mol. The van der Waals surface area contributed by atoms with Gasteiger partial charge in [-0.25, -0.2) is 0 Å². The number of nitrogens with one attached hydrogen (secondary N) is 3. The van der Waals surface area contributed by atoms with Crippen LogP contribution >= 0.6 is 0 Å². The topological polar surface area (TPSA) is 111 Å². The molecule has 0 aliphatic carbocycles. The van der Waals surface area contributed by atoms with Gasteiger partial charge in [-0.15, -0.1) is 0 Å². The highest BCUT2D eigenvalue weighted by atomic mass is 16.3. The summed E-state index contributed by atoms with van der Waals surface area (Å²) in [6.45, 7) is 0.314. The molecule has 1 unspecified atom stereocenters. The number of hydrogen-bond donors (Lipinski definition) is 4. The summed E-state index contributed by atoms with van der Waals surface area (Å²) in [6.07, 6.45) is 1.52. The van der Waals surface area contributed by atoms with Crippen molar-refractivity contribution in [3.63, 3.8) is 0 Å². The Morgan fingerprint density at radius 3 is 2.21 bits per heavy atom. The molecule has 148 valence electrons. The van der Waals surface area contributed by atoms with Gasteiger partial charge >= 0.3 is 0 Å². The minimum Gasteiger partial charge on any atom is -0.503 e. The summed E-state index contributed by atoms with van der Waals surface area (Å²) >= 11 is 0. The number of amides is 2. The van der Waals surface area contributed by atoms with Crippen LogP contribution in [0.5, 0.6) is 5.75 Å². The summed E-state index contributed by atoms with van der Waals surface area (Å²) in [5, 5.41) is 15.3. The lowest BCUT2D eigenvalue weighted by Gasteiger charge is -2.19. The van der Waals surface area contributed by atoms with Gasteiger partial charge in [-0.3, -0.25) is 14.4 Å². The average Bonchev–Trinajstić information content (AvgIpc) is 2.75. The molecule has 0 aliphatic heterocycles. The van der Waals surface area contributed by atoms with E-state index in [0.717, 1.165) is 17.2 Å². The molecule has 0 aliphatic rings. The van der Waals surface area contributed by atoms with Crippen LogP contribution in [0.15, 0.2) is 77.7 Å². The highest BCUT2D eigenvalue weighted by molar-refractivity contribution is 5.98. The van der Waals surface area contributed by atoms with Gasteiger partial charge in [0.1, 0.15) is 6.04 Å². The smallest absolute Gasteiger partial charge is 0.272 e. The van der Waals surface area contributed by atoms with Crippen LogP contribution in [-0.2, 0) is 17.8 Å². The van der Waals surface area contributed by atoms with Crippen molar-refractivity contribution in [3.05, 3.63) is 100.0 Å². The first-order valence-electron chi connectivity index (χ1n) is 9.11. The molecule has 3 aromatic rings. The number of aromatic amines is 1. The maximum absolute atomic E-state index is 12.8. The molecule has 0 saturated heterocycles.